The molecule has 1 N–H and O–H groups in total. The third kappa shape index (κ3) is 4.47. The van der Waals surface area contributed by atoms with Gasteiger partial charge in [-0.15, -0.1) is 12.8 Å². The van der Waals surface area contributed by atoms with Gasteiger partial charge in [0.1, 0.15) is 0 Å². The molecule has 0 amide bonds. The van der Waals surface area contributed by atoms with Crippen molar-refractivity contribution in [1.82, 2.24) is 0 Å². The van der Waals surface area contributed by atoms with Gasteiger partial charge >= 0.3 is 33.9 Å². The van der Waals surface area contributed by atoms with Gasteiger partial charge in [0.25, 0.3) is 5.83 Å². The van der Waals surface area contributed by atoms with E-state index in [1.807, 2.05) is 6.92 Å². The Kier molecular flexibility index (Phi) is 8.74. The number of alkyl halides is 5. The van der Waals surface area contributed by atoms with Crippen molar-refractivity contribution in [3.05, 3.63) is 11.8 Å². The molecule has 0 saturated heterocycles. The van der Waals surface area contributed by atoms with Crippen LogP contribution in [0.15, 0.2) is 11.8 Å². The van der Waals surface area contributed by atoms with Crippen LogP contribution in [0.1, 0.15) is 77.6 Å². The Labute approximate surface area is 170 Å². The summed E-state index contributed by atoms with van der Waals surface area (Å²) in [4.78, 5) is 0. The maximum absolute atomic E-state index is 14.9. The van der Waals surface area contributed by atoms with Gasteiger partial charge in [-0.2, -0.15) is 26.3 Å². The molecule has 1 aliphatic rings. The van der Waals surface area contributed by atoms with Crippen LogP contribution in [-0.4, -0.2) is 34.7 Å². The van der Waals surface area contributed by atoms with Crippen molar-refractivity contribution >= 4 is 10.3 Å². The van der Waals surface area contributed by atoms with Crippen molar-refractivity contribution in [3.8, 4) is 0 Å². The molecule has 0 spiro atoms. The maximum Gasteiger partial charge on any atom is 0.480 e. The van der Waals surface area contributed by atoms with Crippen molar-refractivity contribution in [2.45, 2.75) is 95.2 Å². The second kappa shape index (κ2) is 9.68. The lowest BCUT2D eigenvalue weighted by Gasteiger charge is -2.43. The van der Waals surface area contributed by atoms with Crippen molar-refractivity contribution in [3.63, 3.8) is 0 Å². The zero-order valence-corrected chi connectivity index (χ0v) is 17.2. The summed E-state index contributed by atoms with van der Waals surface area (Å²) >= 11 is 0. The van der Waals surface area contributed by atoms with Crippen LogP contribution in [0.5, 0.6) is 0 Å². The van der Waals surface area contributed by atoms with Crippen LogP contribution in [0.3, 0.4) is 0 Å². The van der Waals surface area contributed by atoms with Crippen LogP contribution in [0, 0.1) is 0 Å². The molecule has 1 rings (SSSR count). The van der Waals surface area contributed by atoms with Gasteiger partial charge in [0.05, 0.1) is 4.11 Å². The molecule has 0 aromatic carbocycles. The largest absolute Gasteiger partial charge is 0.480 e. The standard InChI is InChI=1S/C17H25F8NO3S/c1-2-3-4-5-6-7-8-9-10-11-12-15(20)17(23,24)16(21,22)13(18)14(19)26(15,25)30(27,28)29/h2-12H2,1H3/p+1. The molecular formula is C17H26F8NO3S+. The third-order valence-electron chi connectivity index (χ3n) is 5.22. The molecule has 13 heteroatoms. The Balaban J connectivity index is 2.92. The molecule has 1 heterocycles. The van der Waals surface area contributed by atoms with Crippen molar-refractivity contribution < 1.29 is 52.3 Å². The molecule has 2 atom stereocenters. The molecule has 0 radical (unpaired) electrons. The molecular weight excluding hydrogens is 450 g/mol. The SMILES string of the molecule is CCCCCCCCCCCCC1(F)C(F)(F)C(F)(F)C(F)=C(F)[N+]1(F)S(=O)(=O)O. The summed E-state index contributed by atoms with van der Waals surface area (Å²) in [6.07, 6.45) is 4.01. The first kappa shape index (κ1) is 27.1. The average Bonchev–Trinajstić information content (AvgIpc) is 2.65. The number of allylic oxidation sites excluding steroid dienone is 1. The summed E-state index contributed by atoms with van der Waals surface area (Å²) in [6, 6.07) is 0. The Bertz CT molecular complexity index is 731. The molecule has 0 aromatic heterocycles. The summed E-state index contributed by atoms with van der Waals surface area (Å²) in [6.45, 7) is 2.05. The third-order valence-corrected chi connectivity index (χ3v) is 6.31. The molecule has 1 aliphatic heterocycles. The van der Waals surface area contributed by atoms with Gasteiger partial charge in [0, 0.05) is 10.9 Å². The monoisotopic (exact) mass is 476 g/mol. The van der Waals surface area contributed by atoms with Crippen molar-refractivity contribution in [2.24, 2.45) is 0 Å². The van der Waals surface area contributed by atoms with E-state index in [-0.39, 0.29) is 6.42 Å². The molecule has 4 nitrogen and oxygen atoms in total. The van der Waals surface area contributed by atoms with Gasteiger partial charge < -0.3 is 0 Å². The highest BCUT2D eigenvalue weighted by atomic mass is 32.2. The Morgan fingerprint density at radius 3 is 1.63 bits per heavy atom. The van der Waals surface area contributed by atoms with Gasteiger partial charge in [0.15, 0.2) is 0 Å². The summed E-state index contributed by atoms with van der Waals surface area (Å²) in [5.74, 6) is -25.4. The number of halogens is 8. The van der Waals surface area contributed by atoms with Gasteiger partial charge in [-0.1, -0.05) is 64.7 Å². The molecule has 0 aliphatic carbocycles. The molecule has 0 bridgehead atoms. The summed E-state index contributed by atoms with van der Waals surface area (Å²) in [5, 5.41) is 0. The molecule has 0 saturated carbocycles. The predicted octanol–water partition coefficient (Wildman–Crippen LogP) is 6.86. The highest BCUT2D eigenvalue weighted by molar-refractivity contribution is 7.80. The number of unbranched alkanes of at least 4 members (excludes halogenated alkanes) is 9. The first-order valence-corrected chi connectivity index (χ1v) is 11.1. The molecule has 178 valence electrons. The lowest BCUT2D eigenvalue weighted by molar-refractivity contribution is -1.01. The zero-order valence-electron chi connectivity index (χ0n) is 16.4. The summed E-state index contributed by atoms with van der Waals surface area (Å²) in [5.41, 5.74) is 0. The number of quaternary nitrogens is 1. The maximum atomic E-state index is 14.9. The highest BCUT2D eigenvalue weighted by Crippen LogP contribution is 2.62. The number of nitrogens with zero attached hydrogens (tertiary/aromatic N) is 1. The fourth-order valence-electron chi connectivity index (χ4n) is 3.40. The number of hydrogen-bond acceptors (Lipinski definition) is 2. The van der Waals surface area contributed by atoms with E-state index in [0.29, 0.717) is 12.8 Å². The lowest BCUT2D eigenvalue weighted by atomic mass is 9.90. The van der Waals surface area contributed by atoms with E-state index in [4.69, 9.17) is 4.55 Å². The Morgan fingerprint density at radius 1 is 0.833 bits per heavy atom. The summed E-state index contributed by atoms with van der Waals surface area (Å²) in [7, 11) is -6.79. The van der Waals surface area contributed by atoms with Crippen LogP contribution in [0.25, 0.3) is 0 Å². The Morgan fingerprint density at radius 2 is 1.23 bits per heavy atom. The van der Waals surface area contributed by atoms with Crippen molar-refractivity contribution in [1.29, 1.82) is 0 Å². The second-order valence-corrected chi connectivity index (χ2v) is 8.82. The van der Waals surface area contributed by atoms with E-state index in [1.165, 1.54) is 0 Å². The van der Waals surface area contributed by atoms with Gasteiger partial charge in [-0.25, -0.2) is 4.55 Å². The van der Waals surface area contributed by atoms with Crippen LogP contribution in [-0.2, 0) is 10.3 Å². The van der Waals surface area contributed by atoms with Gasteiger partial charge in [0.2, 0.25) is 0 Å². The van der Waals surface area contributed by atoms with E-state index < -0.39 is 56.7 Å². The Hall–Kier alpha value is -0.950. The normalized spacial score (nSPS) is 28.7. The number of hydrogen-bond donors (Lipinski definition) is 1. The highest BCUT2D eigenvalue weighted by Gasteiger charge is 2.91. The first-order valence-electron chi connectivity index (χ1n) is 9.70. The molecule has 0 aromatic rings. The zero-order chi connectivity index (χ0) is 23.4. The van der Waals surface area contributed by atoms with Crippen LogP contribution in [0.4, 0.5) is 35.2 Å². The topological polar surface area (TPSA) is 54.4 Å². The van der Waals surface area contributed by atoms with E-state index in [1.54, 1.807) is 0 Å². The van der Waals surface area contributed by atoms with E-state index in [2.05, 4.69) is 0 Å². The average molecular weight is 476 g/mol. The first-order chi connectivity index (χ1) is 13.6. The fourth-order valence-corrected chi connectivity index (χ4v) is 4.26. The van der Waals surface area contributed by atoms with E-state index >= 15 is 0 Å². The number of rotatable bonds is 12. The second-order valence-electron chi connectivity index (χ2n) is 7.43. The quantitative estimate of drug-likeness (QED) is 0.110. The van der Waals surface area contributed by atoms with Crippen molar-refractivity contribution in [2.75, 3.05) is 0 Å². The van der Waals surface area contributed by atoms with Gasteiger partial charge in [-0.3, -0.25) is 0 Å². The van der Waals surface area contributed by atoms with E-state index in [9.17, 15) is 43.6 Å². The molecule has 2 unspecified atom stereocenters. The minimum atomic E-state index is -6.79. The predicted molar refractivity (Wildman–Crippen MR) is 92.4 cm³/mol. The minimum absolute atomic E-state index is 0.0818. The summed E-state index contributed by atoms with van der Waals surface area (Å²) < 4.78 is 138. The lowest BCUT2D eigenvalue weighted by Crippen LogP contribution is -2.74. The van der Waals surface area contributed by atoms with Gasteiger partial charge in [-0.05, 0) is 6.42 Å². The van der Waals surface area contributed by atoms with Crippen LogP contribution >= 0.6 is 0 Å². The minimum Gasteiger partial charge on any atom is -0.238 e. The van der Waals surface area contributed by atoms with Crippen LogP contribution in [0.2, 0.25) is 0 Å². The molecule has 0 fully saturated rings. The van der Waals surface area contributed by atoms with Crippen LogP contribution < -0.4 is 0 Å². The van der Waals surface area contributed by atoms with E-state index in [0.717, 1.165) is 38.5 Å². The molecule has 30 heavy (non-hydrogen) atoms. The fraction of sp³-hybridized carbons (Fsp3) is 0.882. The smallest absolute Gasteiger partial charge is 0.238 e.